The first-order valence-corrected chi connectivity index (χ1v) is 7.53. The van der Waals surface area contributed by atoms with Crippen LogP contribution in [-0.2, 0) is 11.8 Å². The fourth-order valence-corrected chi connectivity index (χ4v) is 2.40. The van der Waals surface area contributed by atoms with E-state index in [4.69, 9.17) is 5.73 Å². The molecule has 4 heteroatoms. The van der Waals surface area contributed by atoms with Gasteiger partial charge in [0, 0.05) is 18.5 Å². The molecule has 2 N–H and O–H groups in total. The fourth-order valence-electron chi connectivity index (χ4n) is 2.40. The van der Waals surface area contributed by atoms with Crippen molar-refractivity contribution < 1.29 is 0 Å². The minimum atomic E-state index is -0.0549. The van der Waals surface area contributed by atoms with E-state index in [9.17, 15) is 0 Å². The summed E-state index contributed by atoms with van der Waals surface area (Å²) in [5.74, 6) is 0.942. The van der Waals surface area contributed by atoms with Crippen molar-refractivity contribution in [3.05, 3.63) is 47.5 Å². The molecule has 1 atom stereocenters. The average molecular weight is 286 g/mol. The Morgan fingerprint density at radius 1 is 1.14 bits per heavy atom. The first-order chi connectivity index (χ1) is 9.79. The molecule has 0 saturated heterocycles. The van der Waals surface area contributed by atoms with Crippen molar-refractivity contribution in [2.45, 2.75) is 58.5 Å². The molecule has 0 bridgehead atoms. The van der Waals surface area contributed by atoms with Gasteiger partial charge in [0.25, 0.3) is 0 Å². The molecule has 0 aliphatic heterocycles. The Hall–Kier alpha value is -1.68. The van der Waals surface area contributed by atoms with Crippen LogP contribution in [0.5, 0.6) is 0 Å². The molecular formula is C17H26N4. The summed E-state index contributed by atoms with van der Waals surface area (Å²) in [5.41, 5.74) is 8.96. The predicted octanol–water partition coefficient (Wildman–Crippen LogP) is 3.40. The van der Waals surface area contributed by atoms with E-state index >= 15 is 0 Å². The standard InChI is InChI=1S/C17H26N4/c1-12(2)21-16(19-11-20-21)10-15(18)13-6-8-14(9-7-13)17(3,4)5/h6-9,11-12,15H,10,18H2,1-5H3. The van der Waals surface area contributed by atoms with Crippen LogP contribution in [0.1, 0.15) is 63.7 Å². The van der Waals surface area contributed by atoms with Crippen LogP contribution in [0.2, 0.25) is 0 Å². The lowest BCUT2D eigenvalue weighted by atomic mass is 9.86. The van der Waals surface area contributed by atoms with Crippen molar-refractivity contribution in [3.8, 4) is 0 Å². The molecule has 0 aliphatic rings. The van der Waals surface area contributed by atoms with E-state index in [0.29, 0.717) is 12.5 Å². The van der Waals surface area contributed by atoms with Crippen LogP contribution in [-0.4, -0.2) is 14.8 Å². The van der Waals surface area contributed by atoms with Gasteiger partial charge in [0.05, 0.1) is 0 Å². The number of benzene rings is 1. The first kappa shape index (κ1) is 15.7. The molecule has 0 fully saturated rings. The lowest BCUT2D eigenvalue weighted by molar-refractivity contribution is 0.493. The molecule has 1 aromatic heterocycles. The van der Waals surface area contributed by atoms with Gasteiger partial charge in [-0.15, -0.1) is 0 Å². The lowest BCUT2D eigenvalue weighted by Crippen LogP contribution is -2.18. The van der Waals surface area contributed by atoms with Gasteiger partial charge in [-0.3, -0.25) is 0 Å². The van der Waals surface area contributed by atoms with Gasteiger partial charge in [0.15, 0.2) is 0 Å². The van der Waals surface area contributed by atoms with Crippen molar-refractivity contribution in [2.75, 3.05) is 0 Å². The number of rotatable bonds is 4. The van der Waals surface area contributed by atoms with E-state index < -0.39 is 0 Å². The molecule has 2 aromatic rings. The van der Waals surface area contributed by atoms with E-state index in [1.54, 1.807) is 6.33 Å². The molecule has 0 radical (unpaired) electrons. The molecule has 1 heterocycles. The second-order valence-corrected chi connectivity index (χ2v) is 6.90. The summed E-state index contributed by atoms with van der Waals surface area (Å²) in [7, 11) is 0. The van der Waals surface area contributed by atoms with Crippen LogP contribution < -0.4 is 5.73 Å². The Labute approximate surface area is 127 Å². The Balaban J connectivity index is 2.13. The Morgan fingerprint density at radius 2 is 1.76 bits per heavy atom. The smallest absolute Gasteiger partial charge is 0.138 e. The van der Waals surface area contributed by atoms with Crippen LogP contribution >= 0.6 is 0 Å². The lowest BCUT2D eigenvalue weighted by Gasteiger charge is -2.20. The van der Waals surface area contributed by atoms with Crippen molar-refractivity contribution in [1.29, 1.82) is 0 Å². The zero-order valence-corrected chi connectivity index (χ0v) is 13.7. The van der Waals surface area contributed by atoms with Crippen LogP contribution in [0.4, 0.5) is 0 Å². The van der Waals surface area contributed by atoms with Gasteiger partial charge in [-0.2, -0.15) is 5.10 Å². The summed E-state index contributed by atoms with van der Waals surface area (Å²) in [6.45, 7) is 10.8. The zero-order valence-electron chi connectivity index (χ0n) is 13.7. The van der Waals surface area contributed by atoms with Gasteiger partial charge in [0.1, 0.15) is 12.2 Å². The van der Waals surface area contributed by atoms with Crippen molar-refractivity contribution in [3.63, 3.8) is 0 Å². The number of aromatic nitrogens is 3. The third-order valence-electron chi connectivity index (χ3n) is 3.74. The summed E-state index contributed by atoms with van der Waals surface area (Å²) in [5, 5.41) is 4.26. The second kappa shape index (κ2) is 5.98. The Kier molecular flexibility index (Phi) is 4.47. The van der Waals surface area contributed by atoms with E-state index in [0.717, 1.165) is 11.4 Å². The maximum absolute atomic E-state index is 6.33. The van der Waals surface area contributed by atoms with E-state index in [1.807, 2.05) is 4.68 Å². The van der Waals surface area contributed by atoms with Gasteiger partial charge < -0.3 is 5.73 Å². The molecule has 0 saturated carbocycles. The normalized spacial score (nSPS) is 13.7. The van der Waals surface area contributed by atoms with Crippen LogP contribution in [0.15, 0.2) is 30.6 Å². The van der Waals surface area contributed by atoms with Gasteiger partial charge in [-0.05, 0) is 30.4 Å². The maximum Gasteiger partial charge on any atom is 0.138 e. The summed E-state index contributed by atoms with van der Waals surface area (Å²) in [4.78, 5) is 4.33. The van der Waals surface area contributed by atoms with Crippen LogP contribution in [0.25, 0.3) is 0 Å². The van der Waals surface area contributed by atoms with Crippen molar-refractivity contribution in [1.82, 2.24) is 14.8 Å². The SMILES string of the molecule is CC(C)n1ncnc1CC(N)c1ccc(C(C)(C)C)cc1. The minimum Gasteiger partial charge on any atom is -0.324 e. The first-order valence-electron chi connectivity index (χ1n) is 7.53. The average Bonchev–Trinajstić information content (AvgIpc) is 2.86. The summed E-state index contributed by atoms with van der Waals surface area (Å²) in [6, 6.07) is 8.84. The predicted molar refractivity (Wildman–Crippen MR) is 86.2 cm³/mol. The third kappa shape index (κ3) is 3.70. The summed E-state index contributed by atoms with van der Waals surface area (Å²) in [6.07, 6.45) is 2.30. The summed E-state index contributed by atoms with van der Waals surface area (Å²) < 4.78 is 1.93. The summed E-state index contributed by atoms with van der Waals surface area (Å²) >= 11 is 0. The highest BCUT2D eigenvalue weighted by atomic mass is 15.3. The quantitative estimate of drug-likeness (QED) is 0.937. The molecule has 1 unspecified atom stereocenters. The second-order valence-electron chi connectivity index (χ2n) is 6.90. The topological polar surface area (TPSA) is 56.7 Å². The van der Waals surface area contributed by atoms with Crippen molar-refractivity contribution >= 4 is 0 Å². The highest BCUT2D eigenvalue weighted by Gasteiger charge is 2.16. The van der Waals surface area contributed by atoms with Crippen LogP contribution in [0.3, 0.4) is 0 Å². The zero-order chi connectivity index (χ0) is 15.6. The molecule has 0 amide bonds. The maximum atomic E-state index is 6.33. The molecule has 2 rings (SSSR count). The number of hydrogen-bond acceptors (Lipinski definition) is 3. The van der Waals surface area contributed by atoms with Gasteiger partial charge in [0.2, 0.25) is 0 Å². The van der Waals surface area contributed by atoms with E-state index in [-0.39, 0.29) is 11.5 Å². The minimum absolute atomic E-state index is 0.0549. The molecular weight excluding hydrogens is 260 g/mol. The molecule has 4 nitrogen and oxygen atoms in total. The van der Waals surface area contributed by atoms with Gasteiger partial charge >= 0.3 is 0 Å². The monoisotopic (exact) mass is 286 g/mol. The van der Waals surface area contributed by atoms with E-state index in [2.05, 4.69) is 69.0 Å². The van der Waals surface area contributed by atoms with Crippen LogP contribution in [0, 0.1) is 0 Å². The highest BCUT2D eigenvalue weighted by Crippen LogP contribution is 2.24. The molecule has 0 aliphatic carbocycles. The number of nitrogens with zero attached hydrogens (tertiary/aromatic N) is 3. The highest BCUT2D eigenvalue weighted by molar-refractivity contribution is 5.29. The molecule has 114 valence electrons. The Morgan fingerprint density at radius 3 is 2.29 bits per heavy atom. The van der Waals surface area contributed by atoms with Gasteiger partial charge in [-0.25, -0.2) is 9.67 Å². The van der Waals surface area contributed by atoms with E-state index in [1.165, 1.54) is 5.56 Å². The van der Waals surface area contributed by atoms with Gasteiger partial charge in [-0.1, -0.05) is 45.0 Å². The molecule has 1 aromatic carbocycles. The third-order valence-corrected chi connectivity index (χ3v) is 3.74. The number of hydrogen-bond donors (Lipinski definition) is 1. The van der Waals surface area contributed by atoms with Crippen molar-refractivity contribution in [2.24, 2.45) is 5.73 Å². The fraction of sp³-hybridized carbons (Fsp3) is 0.529. The largest absolute Gasteiger partial charge is 0.324 e. The molecule has 0 spiro atoms. The Bertz CT molecular complexity index is 576. The number of nitrogens with two attached hydrogens (primary N) is 1. The molecule has 21 heavy (non-hydrogen) atoms.